The number of fused-ring (bicyclic) bond motifs is 1. The van der Waals surface area contributed by atoms with Crippen molar-refractivity contribution in [2.45, 2.75) is 13.8 Å². The van der Waals surface area contributed by atoms with Crippen LogP contribution in [-0.2, 0) is 4.79 Å². The third-order valence-corrected chi connectivity index (χ3v) is 4.16. The molecule has 0 unspecified atom stereocenters. The summed E-state index contributed by atoms with van der Waals surface area (Å²) in [6.07, 6.45) is 1.54. The van der Waals surface area contributed by atoms with Gasteiger partial charge < -0.3 is 14.8 Å². The van der Waals surface area contributed by atoms with E-state index in [1.165, 1.54) is 11.8 Å². The van der Waals surface area contributed by atoms with Crippen LogP contribution in [0, 0.1) is 6.92 Å². The molecule has 3 rings (SSSR count). The van der Waals surface area contributed by atoms with Crippen molar-refractivity contribution in [2.75, 3.05) is 20.3 Å². The summed E-state index contributed by atoms with van der Waals surface area (Å²) >= 11 is 0. The van der Waals surface area contributed by atoms with Crippen LogP contribution in [0.3, 0.4) is 0 Å². The molecule has 0 saturated carbocycles. The Kier molecular flexibility index (Phi) is 6.23. The molecule has 0 aliphatic carbocycles. The highest BCUT2D eigenvalue weighted by atomic mass is 16.5. The molecule has 2 aromatic carbocycles. The molecule has 0 spiro atoms. The molecule has 29 heavy (non-hydrogen) atoms. The number of nitrogens with zero attached hydrogens (tertiary/aromatic N) is 3. The Hall–Kier alpha value is -3.68. The summed E-state index contributed by atoms with van der Waals surface area (Å²) in [7, 11) is 1.51. The Balaban J connectivity index is 1.85. The van der Waals surface area contributed by atoms with Gasteiger partial charge in [0.05, 0.1) is 24.2 Å². The lowest BCUT2D eigenvalue weighted by Gasteiger charge is -2.11. The van der Waals surface area contributed by atoms with Crippen LogP contribution in [0.1, 0.15) is 18.3 Å². The van der Waals surface area contributed by atoms with Gasteiger partial charge >= 0.3 is 0 Å². The summed E-state index contributed by atoms with van der Waals surface area (Å²) in [5.41, 5.74) is 1.10. The molecular formula is C21H22N4O4. The van der Waals surface area contributed by atoms with Gasteiger partial charge in [-0.15, -0.1) is 0 Å². The van der Waals surface area contributed by atoms with Crippen LogP contribution in [0.5, 0.6) is 11.5 Å². The molecule has 0 saturated heterocycles. The van der Waals surface area contributed by atoms with Gasteiger partial charge in [-0.3, -0.25) is 9.59 Å². The second kappa shape index (κ2) is 9.01. The normalized spacial score (nSPS) is 11.0. The fourth-order valence-electron chi connectivity index (χ4n) is 2.77. The van der Waals surface area contributed by atoms with Gasteiger partial charge in [0.1, 0.15) is 5.82 Å². The Morgan fingerprint density at radius 3 is 2.79 bits per heavy atom. The maximum absolute atomic E-state index is 12.7. The van der Waals surface area contributed by atoms with E-state index in [0.29, 0.717) is 40.3 Å². The smallest absolute Gasteiger partial charge is 0.282 e. The number of rotatable bonds is 7. The van der Waals surface area contributed by atoms with Gasteiger partial charge in [-0.05, 0) is 49.7 Å². The average Bonchev–Trinajstić information content (AvgIpc) is 2.72. The first-order valence-corrected chi connectivity index (χ1v) is 9.13. The number of carbonyl (C=O) groups is 1. The SMILES string of the molecule is CCNC(=O)COc1ccc(C=Nn2c(C)nc3ccccc3c2=O)cc1OC. The molecule has 0 atom stereocenters. The Labute approximate surface area is 167 Å². The molecule has 150 valence electrons. The molecule has 8 heteroatoms. The van der Waals surface area contributed by atoms with E-state index < -0.39 is 0 Å². The van der Waals surface area contributed by atoms with Gasteiger partial charge in [0.15, 0.2) is 18.1 Å². The largest absolute Gasteiger partial charge is 0.493 e. The zero-order valence-electron chi connectivity index (χ0n) is 16.5. The van der Waals surface area contributed by atoms with Crippen molar-refractivity contribution in [3.8, 4) is 11.5 Å². The van der Waals surface area contributed by atoms with E-state index >= 15 is 0 Å². The summed E-state index contributed by atoms with van der Waals surface area (Å²) in [5, 5.41) is 7.45. The second-order valence-corrected chi connectivity index (χ2v) is 6.19. The summed E-state index contributed by atoms with van der Waals surface area (Å²) in [4.78, 5) is 28.7. The number of carbonyl (C=O) groups excluding carboxylic acids is 1. The van der Waals surface area contributed by atoms with Crippen LogP contribution in [0.2, 0.25) is 0 Å². The monoisotopic (exact) mass is 394 g/mol. The third-order valence-electron chi connectivity index (χ3n) is 4.16. The number of aromatic nitrogens is 2. The predicted molar refractivity (Wildman–Crippen MR) is 111 cm³/mol. The van der Waals surface area contributed by atoms with Crippen molar-refractivity contribution in [1.82, 2.24) is 15.0 Å². The number of hydrogen-bond donors (Lipinski definition) is 1. The zero-order chi connectivity index (χ0) is 20.8. The number of amides is 1. The van der Waals surface area contributed by atoms with Crippen LogP contribution < -0.4 is 20.3 Å². The fourth-order valence-corrected chi connectivity index (χ4v) is 2.77. The van der Waals surface area contributed by atoms with E-state index in [0.717, 1.165) is 0 Å². The van der Waals surface area contributed by atoms with Crippen molar-refractivity contribution >= 4 is 23.0 Å². The first kappa shape index (κ1) is 20.1. The molecule has 1 amide bonds. The number of likely N-dealkylation sites (N-methyl/N-ethyl adjacent to an activating group) is 1. The summed E-state index contributed by atoms with van der Waals surface area (Å²) in [5.74, 6) is 1.17. The van der Waals surface area contributed by atoms with Crippen molar-refractivity contribution in [2.24, 2.45) is 5.10 Å². The summed E-state index contributed by atoms with van der Waals surface area (Å²) in [6.45, 7) is 4.00. The molecule has 1 N–H and O–H groups in total. The highest BCUT2D eigenvalue weighted by molar-refractivity contribution is 5.82. The van der Waals surface area contributed by atoms with E-state index in [2.05, 4.69) is 15.4 Å². The Morgan fingerprint density at radius 2 is 2.03 bits per heavy atom. The van der Waals surface area contributed by atoms with Gasteiger partial charge in [0.25, 0.3) is 11.5 Å². The number of benzene rings is 2. The predicted octanol–water partition coefficient (Wildman–Crippen LogP) is 2.11. The van der Waals surface area contributed by atoms with E-state index in [1.54, 1.807) is 49.5 Å². The zero-order valence-corrected chi connectivity index (χ0v) is 16.5. The fraction of sp³-hybridized carbons (Fsp3) is 0.238. The van der Waals surface area contributed by atoms with Crippen molar-refractivity contribution in [3.05, 3.63) is 64.2 Å². The topological polar surface area (TPSA) is 94.8 Å². The van der Waals surface area contributed by atoms with Crippen LogP contribution in [0.25, 0.3) is 10.9 Å². The molecule has 8 nitrogen and oxygen atoms in total. The second-order valence-electron chi connectivity index (χ2n) is 6.19. The number of methoxy groups -OCH3 is 1. The van der Waals surface area contributed by atoms with Gasteiger partial charge in [0, 0.05) is 6.54 Å². The van der Waals surface area contributed by atoms with E-state index in [9.17, 15) is 9.59 Å². The highest BCUT2D eigenvalue weighted by Crippen LogP contribution is 2.27. The van der Waals surface area contributed by atoms with Crippen molar-refractivity contribution < 1.29 is 14.3 Å². The van der Waals surface area contributed by atoms with Gasteiger partial charge in [-0.1, -0.05) is 12.1 Å². The molecular weight excluding hydrogens is 372 g/mol. The van der Waals surface area contributed by atoms with Crippen LogP contribution in [0.15, 0.2) is 52.4 Å². The van der Waals surface area contributed by atoms with Crippen LogP contribution >= 0.6 is 0 Å². The lowest BCUT2D eigenvalue weighted by molar-refractivity contribution is -0.123. The molecule has 0 aliphatic heterocycles. The molecule has 0 aliphatic rings. The lowest BCUT2D eigenvalue weighted by Crippen LogP contribution is -2.28. The first-order chi connectivity index (χ1) is 14.0. The van der Waals surface area contributed by atoms with Gasteiger partial charge in [0.2, 0.25) is 0 Å². The molecule has 1 heterocycles. The average molecular weight is 394 g/mol. The highest BCUT2D eigenvalue weighted by Gasteiger charge is 2.09. The minimum atomic E-state index is -0.238. The first-order valence-electron chi connectivity index (χ1n) is 9.13. The Bertz CT molecular complexity index is 1120. The van der Waals surface area contributed by atoms with Gasteiger partial charge in [-0.2, -0.15) is 9.78 Å². The standard InChI is InChI=1S/C21H22N4O4/c1-4-22-20(26)13-29-18-10-9-15(11-19(18)28-3)12-23-25-14(2)24-17-8-6-5-7-16(17)21(25)27/h5-12H,4,13H2,1-3H3,(H,22,26). The number of ether oxygens (including phenoxy) is 2. The lowest BCUT2D eigenvalue weighted by atomic mass is 10.2. The van der Waals surface area contributed by atoms with Gasteiger partial charge in [-0.25, -0.2) is 4.98 Å². The Morgan fingerprint density at radius 1 is 1.24 bits per heavy atom. The summed E-state index contributed by atoms with van der Waals surface area (Å²) in [6, 6.07) is 12.3. The number of nitrogens with one attached hydrogen (secondary N) is 1. The minimum Gasteiger partial charge on any atom is -0.493 e. The minimum absolute atomic E-state index is 0.102. The number of hydrogen-bond acceptors (Lipinski definition) is 6. The van der Waals surface area contributed by atoms with E-state index in [-0.39, 0.29) is 18.1 Å². The molecule has 3 aromatic rings. The molecule has 1 aromatic heterocycles. The van der Waals surface area contributed by atoms with E-state index in [1.807, 2.05) is 13.0 Å². The van der Waals surface area contributed by atoms with Crippen molar-refractivity contribution in [3.63, 3.8) is 0 Å². The maximum atomic E-state index is 12.7. The molecule has 0 radical (unpaired) electrons. The molecule has 0 fully saturated rings. The summed E-state index contributed by atoms with van der Waals surface area (Å²) < 4.78 is 12.1. The molecule has 0 bridgehead atoms. The number of aryl methyl sites for hydroxylation is 1. The van der Waals surface area contributed by atoms with Crippen LogP contribution in [0.4, 0.5) is 0 Å². The number of para-hydroxylation sites is 1. The quantitative estimate of drug-likeness (QED) is 0.620. The maximum Gasteiger partial charge on any atom is 0.282 e. The van der Waals surface area contributed by atoms with E-state index in [4.69, 9.17) is 9.47 Å². The van der Waals surface area contributed by atoms with Crippen LogP contribution in [-0.4, -0.2) is 42.0 Å². The van der Waals surface area contributed by atoms with Crippen molar-refractivity contribution in [1.29, 1.82) is 0 Å². The third kappa shape index (κ3) is 4.60.